The summed E-state index contributed by atoms with van der Waals surface area (Å²) in [4.78, 5) is 4.45. The first-order valence-electron chi connectivity index (χ1n) is 6.34. The number of hydrogen-bond acceptors (Lipinski definition) is 1. The van der Waals surface area contributed by atoms with Crippen molar-refractivity contribution in [3.8, 4) is 11.4 Å². The molecule has 21 heavy (non-hydrogen) atoms. The molecule has 0 aliphatic rings. The Bertz CT molecular complexity index is 783. The van der Waals surface area contributed by atoms with E-state index in [2.05, 4.69) is 25.5 Å². The maximum Gasteiger partial charge on any atom is 0.140 e. The van der Waals surface area contributed by atoms with Crippen LogP contribution in [0.25, 0.3) is 11.4 Å². The van der Waals surface area contributed by atoms with E-state index in [1.54, 1.807) is 6.20 Å². The van der Waals surface area contributed by atoms with Crippen LogP contribution in [0.3, 0.4) is 0 Å². The van der Waals surface area contributed by atoms with Crippen LogP contribution in [0.4, 0.5) is 0 Å². The zero-order valence-corrected chi connectivity index (χ0v) is 14.0. The van der Waals surface area contributed by atoms with Crippen molar-refractivity contribution >= 4 is 39.1 Å². The van der Waals surface area contributed by atoms with E-state index in [1.807, 2.05) is 48.7 Å². The van der Waals surface area contributed by atoms with E-state index in [1.165, 1.54) is 0 Å². The minimum absolute atomic E-state index is 0.568. The molecule has 0 fully saturated rings. The number of aromatic nitrogens is 2. The molecule has 2 nitrogen and oxygen atoms in total. The topological polar surface area (TPSA) is 17.8 Å². The Morgan fingerprint density at radius 3 is 2.67 bits per heavy atom. The summed E-state index contributed by atoms with van der Waals surface area (Å²) in [6.07, 6.45) is 3.76. The van der Waals surface area contributed by atoms with E-state index >= 15 is 0 Å². The first kappa shape index (κ1) is 14.6. The summed E-state index contributed by atoms with van der Waals surface area (Å²) in [7, 11) is 0. The molecule has 0 radical (unpaired) electrons. The normalized spacial score (nSPS) is 10.8. The lowest BCUT2D eigenvalue weighted by atomic mass is 10.2. The van der Waals surface area contributed by atoms with Crippen LogP contribution >= 0.6 is 39.1 Å². The van der Waals surface area contributed by atoms with Gasteiger partial charge in [0.15, 0.2) is 0 Å². The summed E-state index contributed by atoms with van der Waals surface area (Å²) in [5.41, 5.74) is 2.15. The fourth-order valence-electron chi connectivity index (χ4n) is 2.16. The van der Waals surface area contributed by atoms with Crippen LogP contribution in [0.5, 0.6) is 0 Å². The molecule has 1 heterocycles. The van der Waals surface area contributed by atoms with Crippen LogP contribution in [0, 0.1) is 0 Å². The second-order valence-corrected chi connectivity index (χ2v) is 6.37. The van der Waals surface area contributed by atoms with Crippen molar-refractivity contribution in [3.05, 3.63) is 74.9 Å². The van der Waals surface area contributed by atoms with Crippen LogP contribution in [-0.4, -0.2) is 9.55 Å². The minimum Gasteiger partial charge on any atom is -0.327 e. The van der Waals surface area contributed by atoms with Gasteiger partial charge < -0.3 is 4.57 Å². The number of hydrogen-bond donors (Lipinski definition) is 0. The lowest BCUT2D eigenvalue weighted by molar-refractivity contribution is 0.807. The van der Waals surface area contributed by atoms with Gasteiger partial charge in [0.25, 0.3) is 0 Å². The highest BCUT2D eigenvalue weighted by molar-refractivity contribution is 9.10. The molecule has 1 aromatic heterocycles. The molecule has 0 bridgehead atoms. The van der Waals surface area contributed by atoms with Crippen molar-refractivity contribution in [1.29, 1.82) is 0 Å². The second-order valence-electron chi connectivity index (χ2n) is 4.64. The minimum atomic E-state index is 0.568. The van der Waals surface area contributed by atoms with Gasteiger partial charge in [-0.1, -0.05) is 57.3 Å². The Hall–Kier alpha value is -1.29. The van der Waals surface area contributed by atoms with Gasteiger partial charge in [0.05, 0.1) is 10.0 Å². The summed E-state index contributed by atoms with van der Waals surface area (Å²) in [6, 6.07) is 13.8. The molecule has 0 saturated heterocycles. The Morgan fingerprint density at radius 1 is 1.05 bits per heavy atom. The summed E-state index contributed by atoms with van der Waals surface area (Å²) in [6.45, 7) is 0.693. The number of halogens is 3. The fourth-order valence-corrected chi connectivity index (χ4v) is 2.88. The quantitative estimate of drug-likeness (QED) is 0.571. The van der Waals surface area contributed by atoms with Crippen molar-refractivity contribution in [2.24, 2.45) is 0 Å². The molecule has 3 aromatic rings. The van der Waals surface area contributed by atoms with Gasteiger partial charge in [0.1, 0.15) is 5.82 Å². The zero-order valence-electron chi connectivity index (χ0n) is 10.9. The predicted molar refractivity (Wildman–Crippen MR) is 90.9 cm³/mol. The standard InChI is InChI=1S/C16H11BrCl2N2/c17-13-3-1-2-12(9-13)16-20-6-7-21(16)10-11-4-5-14(18)15(19)8-11/h1-9H,10H2. The monoisotopic (exact) mass is 380 g/mol. The molecule has 0 aliphatic heterocycles. The summed E-state index contributed by atoms with van der Waals surface area (Å²) < 4.78 is 3.12. The maximum atomic E-state index is 6.07. The van der Waals surface area contributed by atoms with E-state index in [-0.39, 0.29) is 0 Å². The van der Waals surface area contributed by atoms with Crippen LogP contribution in [-0.2, 0) is 6.54 Å². The van der Waals surface area contributed by atoms with Gasteiger partial charge in [0, 0.05) is 29.0 Å². The lowest BCUT2D eigenvalue weighted by Crippen LogP contribution is -2.01. The third kappa shape index (κ3) is 3.31. The molecule has 0 atom stereocenters. The molecule has 106 valence electrons. The van der Waals surface area contributed by atoms with Gasteiger partial charge in [-0.25, -0.2) is 4.98 Å². The smallest absolute Gasteiger partial charge is 0.140 e. The molecule has 3 rings (SSSR count). The van der Waals surface area contributed by atoms with Crippen molar-refractivity contribution in [3.63, 3.8) is 0 Å². The van der Waals surface area contributed by atoms with Crippen molar-refractivity contribution in [2.45, 2.75) is 6.54 Å². The van der Waals surface area contributed by atoms with Crippen molar-refractivity contribution < 1.29 is 0 Å². The molecule has 0 amide bonds. The molecule has 0 spiro atoms. The Morgan fingerprint density at radius 2 is 1.90 bits per heavy atom. The van der Waals surface area contributed by atoms with E-state index in [9.17, 15) is 0 Å². The number of benzene rings is 2. The molecular formula is C16H11BrCl2N2. The average Bonchev–Trinajstić information content (AvgIpc) is 2.91. The third-order valence-corrected chi connectivity index (χ3v) is 4.37. The third-order valence-electron chi connectivity index (χ3n) is 3.14. The van der Waals surface area contributed by atoms with Crippen LogP contribution in [0.15, 0.2) is 59.3 Å². The first-order chi connectivity index (χ1) is 10.1. The summed E-state index contributed by atoms with van der Waals surface area (Å²) >= 11 is 15.5. The van der Waals surface area contributed by atoms with Crippen molar-refractivity contribution in [1.82, 2.24) is 9.55 Å². The van der Waals surface area contributed by atoms with E-state index in [0.717, 1.165) is 21.4 Å². The first-order valence-corrected chi connectivity index (χ1v) is 7.89. The fraction of sp³-hybridized carbons (Fsp3) is 0.0625. The van der Waals surface area contributed by atoms with Gasteiger partial charge in [0.2, 0.25) is 0 Å². The summed E-state index contributed by atoms with van der Waals surface area (Å²) in [5, 5.41) is 1.14. The average molecular weight is 382 g/mol. The van der Waals surface area contributed by atoms with E-state index in [4.69, 9.17) is 23.2 Å². The molecule has 2 aromatic carbocycles. The van der Waals surface area contributed by atoms with Gasteiger partial charge in [-0.15, -0.1) is 0 Å². The number of nitrogens with zero attached hydrogens (tertiary/aromatic N) is 2. The zero-order chi connectivity index (χ0) is 14.8. The number of imidazole rings is 1. The van der Waals surface area contributed by atoms with Crippen LogP contribution in [0.1, 0.15) is 5.56 Å². The SMILES string of the molecule is Clc1ccc(Cn2ccnc2-c2cccc(Br)c2)cc1Cl. The molecule has 0 saturated carbocycles. The molecule has 0 N–H and O–H groups in total. The lowest BCUT2D eigenvalue weighted by Gasteiger charge is -2.09. The van der Waals surface area contributed by atoms with Crippen LogP contribution < -0.4 is 0 Å². The largest absolute Gasteiger partial charge is 0.327 e. The maximum absolute atomic E-state index is 6.07. The predicted octanol–water partition coefficient (Wildman–Crippen LogP) is 5.67. The van der Waals surface area contributed by atoms with Gasteiger partial charge >= 0.3 is 0 Å². The Balaban J connectivity index is 1.94. The molecule has 0 unspecified atom stereocenters. The second kappa shape index (κ2) is 6.22. The Kier molecular flexibility index (Phi) is 4.34. The Labute approximate surface area is 141 Å². The van der Waals surface area contributed by atoms with E-state index in [0.29, 0.717) is 16.6 Å². The number of rotatable bonds is 3. The molecule has 5 heteroatoms. The summed E-state index contributed by atoms with van der Waals surface area (Å²) in [5.74, 6) is 0.919. The van der Waals surface area contributed by atoms with Crippen LogP contribution in [0.2, 0.25) is 10.0 Å². The highest BCUT2D eigenvalue weighted by Crippen LogP contribution is 2.25. The van der Waals surface area contributed by atoms with Gasteiger partial charge in [-0.2, -0.15) is 0 Å². The van der Waals surface area contributed by atoms with Crippen molar-refractivity contribution in [2.75, 3.05) is 0 Å². The molecule has 0 aliphatic carbocycles. The van der Waals surface area contributed by atoms with E-state index < -0.39 is 0 Å². The van der Waals surface area contributed by atoms with Gasteiger partial charge in [-0.3, -0.25) is 0 Å². The molecular weight excluding hydrogens is 371 g/mol. The van der Waals surface area contributed by atoms with Gasteiger partial charge in [-0.05, 0) is 29.8 Å². The highest BCUT2D eigenvalue weighted by Gasteiger charge is 2.08. The highest BCUT2D eigenvalue weighted by atomic mass is 79.9.